The fourth-order valence-corrected chi connectivity index (χ4v) is 2.87. The first-order chi connectivity index (χ1) is 11.5. The van der Waals surface area contributed by atoms with Gasteiger partial charge in [-0.25, -0.2) is 4.79 Å². The molecule has 122 valence electrons. The van der Waals surface area contributed by atoms with Gasteiger partial charge in [0, 0.05) is 23.6 Å². The van der Waals surface area contributed by atoms with E-state index in [0.29, 0.717) is 23.2 Å². The number of carboxylic acids is 1. The maximum absolute atomic E-state index is 12.5. The fourth-order valence-electron chi connectivity index (χ4n) is 2.87. The molecule has 3 aromatic rings. The van der Waals surface area contributed by atoms with Gasteiger partial charge < -0.3 is 14.4 Å². The number of hydrogen-bond acceptors (Lipinski definition) is 3. The second-order valence-electron chi connectivity index (χ2n) is 5.41. The Morgan fingerprint density at radius 3 is 2.62 bits per heavy atom. The molecule has 1 heterocycles. The standard InChI is InChI=1S/C19H17NO4/c1-3-20-16-8-7-13(19(22)23)10-15(16)18(21)11-17(20)12-5-4-6-14(9-12)24-2/h4-11H,3H2,1-2H3,(H,22,23). The van der Waals surface area contributed by atoms with E-state index in [1.807, 2.05) is 35.8 Å². The SMILES string of the molecule is CCn1c(-c2cccc(OC)c2)cc(=O)c2cc(C(=O)O)ccc21. The largest absolute Gasteiger partial charge is 0.497 e. The van der Waals surface area contributed by atoms with Gasteiger partial charge in [-0.15, -0.1) is 0 Å². The van der Waals surface area contributed by atoms with Crippen molar-refractivity contribution in [3.8, 4) is 17.0 Å². The molecule has 3 rings (SSSR count). The highest BCUT2D eigenvalue weighted by molar-refractivity contribution is 5.94. The van der Waals surface area contributed by atoms with Crippen LogP contribution in [0.25, 0.3) is 22.2 Å². The molecule has 5 nitrogen and oxygen atoms in total. The number of rotatable bonds is 4. The summed E-state index contributed by atoms with van der Waals surface area (Å²) in [5.74, 6) is -0.333. The smallest absolute Gasteiger partial charge is 0.335 e. The van der Waals surface area contributed by atoms with Gasteiger partial charge in [0.2, 0.25) is 0 Å². The summed E-state index contributed by atoms with van der Waals surface area (Å²) in [4.78, 5) is 23.7. The predicted octanol–water partition coefficient (Wildman–Crippen LogP) is 3.40. The molecule has 0 unspecified atom stereocenters. The molecule has 0 aliphatic rings. The van der Waals surface area contributed by atoms with E-state index >= 15 is 0 Å². The molecule has 0 bridgehead atoms. The lowest BCUT2D eigenvalue weighted by molar-refractivity contribution is 0.0697. The predicted molar refractivity (Wildman–Crippen MR) is 92.8 cm³/mol. The molecule has 2 aromatic carbocycles. The van der Waals surface area contributed by atoms with Crippen molar-refractivity contribution in [3.63, 3.8) is 0 Å². The molecule has 0 spiro atoms. The van der Waals surface area contributed by atoms with Gasteiger partial charge in [0.05, 0.1) is 23.9 Å². The minimum absolute atomic E-state index is 0.108. The van der Waals surface area contributed by atoms with Crippen LogP contribution in [0.5, 0.6) is 5.75 Å². The Balaban J connectivity index is 2.32. The molecule has 0 radical (unpaired) electrons. The summed E-state index contributed by atoms with van der Waals surface area (Å²) in [5, 5.41) is 9.54. The van der Waals surface area contributed by atoms with Gasteiger partial charge in [-0.1, -0.05) is 12.1 Å². The molecule has 1 N–H and O–H groups in total. The van der Waals surface area contributed by atoms with Crippen molar-refractivity contribution in [1.29, 1.82) is 0 Å². The highest BCUT2D eigenvalue weighted by Gasteiger charge is 2.13. The third-order valence-corrected chi connectivity index (χ3v) is 4.04. The second kappa shape index (κ2) is 6.20. The van der Waals surface area contributed by atoms with Crippen LogP contribution in [0.1, 0.15) is 17.3 Å². The molecule has 0 fully saturated rings. The second-order valence-corrected chi connectivity index (χ2v) is 5.41. The van der Waals surface area contributed by atoms with Crippen LogP contribution in [0.2, 0.25) is 0 Å². The summed E-state index contributed by atoms with van der Waals surface area (Å²) < 4.78 is 7.25. The van der Waals surface area contributed by atoms with Crippen LogP contribution in [0, 0.1) is 0 Å². The Morgan fingerprint density at radius 1 is 1.17 bits per heavy atom. The Kier molecular flexibility index (Phi) is 4.08. The molecular formula is C19H17NO4. The maximum atomic E-state index is 12.5. The monoisotopic (exact) mass is 323 g/mol. The van der Waals surface area contributed by atoms with E-state index in [9.17, 15) is 9.59 Å². The van der Waals surface area contributed by atoms with Crippen LogP contribution in [0.15, 0.2) is 53.3 Å². The summed E-state index contributed by atoms with van der Waals surface area (Å²) in [7, 11) is 1.60. The molecule has 0 saturated heterocycles. The Bertz CT molecular complexity index is 988. The number of aromatic nitrogens is 1. The van der Waals surface area contributed by atoms with E-state index in [4.69, 9.17) is 9.84 Å². The third-order valence-electron chi connectivity index (χ3n) is 4.04. The number of methoxy groups -OCH3 is 1. The number of nitrogens with zero attached hydrogens (tertiary/aromatic N) is 1. The minimum Gasteiger partial charge on any atom is -0.497 e. The van der Waals surface area contributed by atoms with E-state index < -0.39 is 5.97 Å². The average Bonchev–Trinajstić information content (AvgIpc) is 2.61. The molecule has 0 atom stereocenters. The van der Waals surface area contributed by atoms with Crippen molar-refractivity contribution < 1.29 is 14.6 Å². The van der Waals surface area contributed by atoms with E-state index in [1.54, 1.807) is 19.2 Å². The van der Waals surface area contributed by atoms with Crippen molar-refractivity contribution in [2.45, 2.75) is 13.5 Å². The zero-order chi connectivity index (χ0) is 17.3. The van der Waals surface area contributed by atoms with Gasteiger partial charge in [0.15, 0.2) is 5.43 Å². The number of aromatic carboxylic acids is 1. The number of ether oxygens (including phenoxy) is 1. The Labute approximate surface area is 138 Å². The van der Waals surface area contributed by atoms with Crippen molar-refractivity contribution in [2.75, 3.05) is 7.11 Å². The molecule has 0 aliphatic heterocycles. The van der Waals surface area contributed by atoms with Crippen molar-refractivity contribution in [3.05, 3.63) is 64.3 Å². The number of carbonyl (C=O) groups is 1. The number of fused-ring (bicyclic) bond motifs is 1. The van der Waals surface area contributed by atoms with Gasteiger partial charge in [-0.05, 0) is 37.3 Å². The first-order valence-corrected chi connectivity index (χ1v) is 7.60. The van der Waals surface area contributed by atoms with E-state index in [2.05, 4.69) is 0 Å². The maximum Gasteiger partial charge on any atom is 0.335 e. The minimum atomic E-state index is -1.05. The normalized spacial score (nSPS) is 10.8. The lowest BCUT2D eigenvalue weighted by atomic mass is 10.1. The number of hydrogen-bond donors (Lipinski definition) is 1. The summed E-state index contributed by atoms with van der Waals surface area (Å²) in [6, 6.07) is 13.7. The summed E-state index contributed by atoms with van der Waals surface area (Å²) in [5.41, 5.74) is 2.27. The fraction of sp³-hybridized carbons (Fsp3) is 0.158. The van der Waals surface area contributed by atoms with Crippen LogP contribution >= 0.6 is 0 Å². The molecular weight excluding hydrogens is 306 g/mol. The van der Waals surface area contributed by atoms with E-state index in [0.717, 1.165) is 11.3 Å². The van der Waals surface area contributed by atoms with Crippen molar-refractivity contribution in [1.82, 2.24) is 4.57 Å². The lowest BCUT2D eigenvalue weighted by Gasteiger charge is -2.16. The molecule has 0 saturated carbocycles. The number of aryl methyl sites for hydroxylation is 1. The Morgan fingerprint density at radius 2 is 1.96 bits per heavy atom. The number of pyridine rings is 1. The Hall–Kier alpha value is -3.08. The summed E-state index contributed by atoms with van der Waals surface area (Å²) in [6.07, 6.45) is 0. The highest BCUT2D eigenvalue weighted by atomic mass is 16.5. The molecule has 1 aromatic heterocycles. The average molecular weight is 323 g/mol. The van der Waals surface area contributed by atoms with Crippen LogP contribution < -0.4 is 10.2 Å². The van der Waals surface area contributed by atoms with Gasteiger partial charge in [-0.2, -0.15) is 0 Å². The topological polar surface area (TPSA) is 68.5 Å². The van der Waals surface area contributed by atoms with E-state index in [-0.39, 0.29) is 11.0 Å². The lowest BCUT2D eigenvalue weighted by Crippen LogP contribution is -2.12. The van der Waals surface area contributed by atoms with Crippen LogP contribution in [-0.2, 0) is 6.54 Å². The van der Waals surface area contributed by atoms with Crippen LogP contribution in [0.4, 0.5) is 0 Å². The number of benzene rings is 2. The summed E-state index contributed by atoms with van der Waals surface area (Å²) >= 11 is 0. The van der Waals surface area contributed by atoms with Gasteiger partial charge >= 0.3 is 5.97 Å². The van der Waals surface area contributed by atoms with Crippen LogP contribution in [-0.4, -0.2) is 22.8 Å². The number of carboxylic acid groups (broad SMARTS) is 1. The van der Waals surface area contributed by atoms with Crippen LogP contribution in [0.3, 0.4) is 0 Å². The van der Waals surface area contributed by atoms with Gasteiger partial charge in [0.1, 0.15) is 5.75 Å². The van der Waals surface area contributed by atoms with Gasteiger partial charge in [0.25, 0.3) is 0 Å². The molecule has 0 aliphatic carbocycles. The first kappa shape index (κ1) is 15.8. The first-order valence-electron chi connectivity index (χ1n) is 7.60. The zero-order valence-electron chi connectivity index (χ0n) is 13.4. The third kappa shape index (κ3) is 2.65. The quantitative estimate of drug-likeness (QED) is 0.799. The van der Waals surface area contributed by atoms with Gasteiger partial charge in [-0.3, -0.25) is 4.79 Å². The molecule has 0 amide bonds. The van der Waals surface area contributed by atoms with E-state index in [1.165, 1.54) is 12.1 Å². The van der Waals surface area contributed by atoms with Crippen molar-refractivity contribution >= 4 is 16.9 Å². The highest BCUT2D eigenvalue weighted by Crippen LogP contribution is 2.26. The summed E-state index contributed by atoms with van der Waals surface area (Å²) in [6.45, 7) is 2.63. The zero-order valence-corrected chi connectivity index (χ0v) is 13.4. The van der Waals surface area contributed by atoms with Crippen molar-refractivity contribution in [2.24, 2.45) is 0 Å². The molecule has 5 heteroatoms. The molecule has 24 heavy (non-hydrogen) atoms.